The molecule has 0 aromatic carbocycles. The Labute approximate surface area is 86.4 Å². The molecule has 0 saturated heterocycles. The van der Waals surface area contributed by atoms with Crippen LogP contribution in [0, 0.1) is 5.41 Å². The number of nitrogens with two attached hydrogens (primary N) is 1. The zero-order valence-electron chi connectivity index (χ0n) is 9.31. The van der Waals surface area contributed by atoms with Crippen LogP contribution in [-0.4, -0.2) is 18.5 Å². The maximum absolute atomic E-state index is 11.3. The first-order valence-electron chi connectivity index (χ1n) is 5.63. The van der Waals surface area contributed by atoms with Gasteiger partial charge in [-0.15, -0.1) is 0 Å². The third-order valence-corrected chi connectivity index (χ3v) is 3.47. The van der Waals surface area contributed by atoms with Crippen LogP contribution in [0.2, 0.25) is 0 Å². The molecule has 1 aliphatic carbocycles. The summed E-state index contributed by atoms with van der Waals surface area (Å²) in [7, 11) is 0. The molecule has 1 atom stereocenters. The monoisotopic (exact) mass is 198 g/mol. The van der Waals surface area contributed by atoms with Crippen LogP contribution < -0.4 is 11.1 Å². The lowest BCUT2D eigenvalue weighted by Crippen LogP contribution is -2.43. The molecular weight excluding hydrogens is 176 g/mol. The highest BCUT2D eigenvalue weighted by atomic mass is 16.2. The van der Waals surface area contributed by atoms with Crippen LogP contribution in [0.5, 0.6) is 0 Å². The Morgan fingerprint density at radius 3 is 2.50 bits per heavy atom. The highest BCUT2D eigenvalue weighted by Gasteiger charge is 2.32. The van der Waals surface area contributed by atoms with E-state index in [1.807, 2.05) is 0 Å². The molecule has 0 bridgehead atoms. The molecule has 1 amide bonds. The smallest absolute Gasteiger partial charge is 0.236 e. The van der Waals surface area contributed by atoms with Crippen molar-refractivity contribution in [1.29, 1.82) is 0 Å². The standard InChI is InChI=1S/C11H22N2O/c1-3-11(6-4-5-7-11)8-13-10(14)9(2)12/h9H,3-8,12H2,1-2H3,(H,13,14)/t9-/m0/s1. The Balaban J connectivity index is 2.38. The number of amides is 1. The Bertz CT molecular complexity index is 195. The molecule has 3 heteroatoms. The van der Waals surface area contributed by atoms with Gasteiger partial charge >= 0.3 is 0 Å². The van der Waals surface area contributed by atoms with Gasteiger partial charge in [0.1, 0.15) is 0 Å². The summed E-state index contributed by atoms with van der Waals surface area (Å²) in [5.41, 5.74) is 5.86. The van der Waals surface area contributed by atoms with Crippen molar-refractivity contribution in [2.45, 2.75) is 52.0 Å². The number of nitrogens with one attached hydrogen (secondary N) is 1. The number of carbonyl (C=O) groups is 1. The largest absolute Gasteiger partial charge is 0.354 e. The predicted octanol–water partition coefficient (Wildman–Crippen LogP) is 1.42. The van der Waals surface area contributed by atoms with Gasteiger partial charge in [-0.3, -0.25) is 4.79 Å². The van der Waals surface area contributed by atoms with Gasteiger partial charge in [0.15, 0.2) is 0 Å². The molecule has 0 unspecified atom stereocenters. The van der Waals surface area contributed by atoms with Crippen molar-refractivity contribution in [3.8, 4) is 0 Å². The first kappa shape index (κ1) is 11.5. The quantitative estimate of drug-likeness (QED) is 0.718. The van der Waals surface area contributed by atoms with Crippen LogP contribution in [0.3, 0.4) is 0 Å². The van der Waals surface area contributed by atoms with Gasteiger partial charge in [0.2, 0.25) is 5.91 Å². The van der Waals surface area contributed by atoms with E-state index in [9.17, 15) is 4.79 Å². The molecule has 3 nitrogen and oxygen atoms in total. The van der Waals surface area contributed by atoms with Gasteiger partial charge in [-0.1, -0.05) is 19.8 Å². The minimum atomic E-state index is -0.384. The Hall–Kier alpha value is -0.570. The summed E-state index contributed by atoms with van der Waals surface area (Å²) >= 11 is 0. The van der Waals surface area contributed by atoms with E-state index in [1.54, 1.807) is 6.92 Å². The second-order valence-electron chi connectivity index (χ2n) is 4.57. The zero-order valence-corrected chi connectivity index (χ0v) is 9.31. The van der Waals surface area contributed by atoms with Crippen molar-refractivity contribution in [1.82, 2.24) is 5.32 Å². The van der Waals surface area contributed by atoms with Crippen molar-refractivity contribution >= 4 is 5.91 Å². The van der Waals surface area contributed by atoms with Crippen LogP contribution in [0.15, 0.2) is 0 Å². The summed E-state index contributed by atoms with van der Waals surface area (Å²) in [5, 5.41) is 2.95. The Kier molecular flexibility index (Phi) is 3.93. The Morgan fingerprint density at radius 2 is 2.07 bits per heavy atom. The van der Waals surface area contributed by atoms with E-state index in [2.05, 4.69) is 12.2 Å². The second-order valence-corrected chi connectivity index (χ2v) is 4.57. The van der Waals surface area contributed by atoms with Crippen molar-refractivity contribution < 1.29 is 4.79 Å². The summed E-state index contributed by atoms with van der Waals surface area (Å²) in [6, 6.07) is -0.384. The van der Waals surface area contributed by atoms with Crippen LogP contribution in [0.4, 0.5) is 0 Å². The van der Waals surface area contributed by atoms with E-state index in [-0.39, 0.29) is 11.9 Å². The van der Waals surface area contributed by atoms with Crippen molar-refractivity contribution in [2.24, 2.45) is 11.1 Å². The third kappa shape index (κ3) is 2.71. The van der Waals surface area contributed by atoms with E-state index < -0.39 is 0 Å². The minimum absolute atomic E-state index is 0.0234. The second kappa shape index (κ2) is 4.78. The van der Waals surface area contributed by atoms with Gasteiger partial charge in [0.25, 0.3) is 0 Å². The molecule has 0 aromatic heterocycles. The molecule has 1 aliphatic rings. The molecule has 1 fully saturated rings. The number of carbonyl (C=O) groups excluding carboxylic acids is 1. The maximum Gasteiger partial charge on any atom is 0.236 e. The molecule has 3 N–H and O–H groups in total. The van der Waals surface area contributed by atoms with Crippen molar-refractivity contribution in [2.75, 3.05) is 6.54 Å². The summed E-state index contributed by atoms with van der Waals surface area (Å²) in [6.45, 7) is 4.75. The van der Waals surface area contributed by atoms with E-state index in [0.717, 1.165) is 13.0 Å². The van der Waals surface area contributed by atoms with Crippen LogP contribution >= 0.6 is 0 Å². The van der Waals surface area contributed by atoms with Gasteiger partial charge in [-0.2, -0.15) is 0 Å². The molecule has 0 radical (unpaired) electrons. The lowest BCUT2D eigenvalue weighted by atomic mass is 9.83. The molecule has 0 spiro atoms. The normalized spacial score (nSPS) is 21.9. The number of hydrogen-bond acceptors (Lipinski definition) is 2. The molecule has 14 heavy (non-hydrogen) atoms. The van der Waals surface area contributed by atoms with Crippen LogP contribution in [0.1, 0.15) is 46.0 Å². The van der Waals surface area contributed by atoms with E-state index >= 15 is 0 Å². The summed E-state index contributed by atoms with van der Waals surface area (Å²) in [6.07, 6.45) is 6.28. The first-order chi connectivity index (χ1) is 6.59. The van der Waals surface area contributed by atoms with Gasteiger partial charge in [0.05, 0.1) is 6.04 Å². The molecule has 0 aliphatic heterocycles. The van der Waals surface area contributed by atoms with E-state index in [4.69, 9.17) is 5.73 Å². The average molecular weight is 198 g/mol. The van der Waals surface area contributed by atoms with Crippen LogP contribution in [-0.2, 0) is 4.79 Å². The molecule has 1 saturated carbocycles. The predicted molar refractivity (Wildman–Crippen MR) is 57.9 cm³/mol. The topological polar surface area (TPSA) is 55.1 Å². The van der Waals surface area contributed by atoms with E-state index in [1.165, 1.54) is 25.7 Å². The molecular formula is C11H22N2O. The maximum atomic E-state index is 11.3. The zero-order chi connectivity index (χ0) is 10.6. The van der Waals surface area contributed by atoms with Crippen molar-refractivity contribution in [3.63, 3.8) is 0 Å². The van der Waals surface area contributed by atoms with Crippen molar-refractivity contribution in [3.05, 3.63) is 0 Å². The number of rotatable bonds is 4. The van der Waals surface area contributed by atoms with Crippen LogP contribution in [0.25, 0.3) is 0 Å². The fourth-order valence-corrected chi connectivity index (χ4v) is 2.22. The third-order valence-electron chi connectivity index (χ3n) is 3.47. The molecule has 82 valence electrons. The SMILES string of the molecule is CCC1(CNC(=O)[C@H](C)N)CCCC1. The summed E-state index contributed by atoms with van der Waals surface area (Å²) in [5.74, 6) is -0.0234. The summed E-state index contributed by atoms with van der Waals surface area (Å²) in [4.78, 5) is 11.3. The lowest BCUT2D eigenvalue weighted by Gasteiger charge is -2.28. The lowest BCUT2D eigenvalue weighted by molar-refractivity contribution is -0.122. The number of hydrogen-bond donors (Lipinski definition) is 2. The molecule has 0 heterocycles. The van der Waals surface area contributed by atoms with E-state index in [0.29, 0.717) is 5.41 Å². The first-order valence-corrected chi connectivity index (χ1v) is 5.63. The Morgan fingerprint density at radius 1 is 1.50 bits per heavy atom. The highest BCUT2D eigenvalue weighted by molar-refractivity contribution is 5.80. The minimum Gasteiger partial charge on any atom is -0.354 e. The summed E-state index contributed by atoms with van der Waals surface area (Å²) < 4.78 is 0. The fraction of sp³-hybridized carbons (Fsp3) is 0.909. The molecule has 0 aromatic rings. The van der Waals surface area contributed by atoms with Gasteiger partial charge in [-0.25, -0.2) is 0 Å². The fourth-order valence-electron chi connectivity index (χ4n) is 2.22. The van der Waals surface area contributed by atoms with Gasteiger partial charge in [0, 0.05) is 6.54 Å². The average Bonchev–Trinajstić information content (AvgIpc) is 2.63. The molecule has 1 rings (SSSR count). The van der Waals surface area contributed by atoms with Gasteiger partial charge < -0.3 is 11.1 Å². The highest BCUT2D eigenvalue weighted by Crippen LogP contribution is 2.40. The van der Waals surface area contributed by atoms with Gasteiger partial charge in [-0.05, 0) is 31.6 Å².